The standard InChI is InChI=1S/C14H22N4O/c1-2-18-12-13(11-16-18)10-15-7-6-14(19)17-8-4-3-5-9-17/h2,11-12,15H,1,3-10H2. The van der Waals surface area contributed by atoms with Crippen LogP contribution in [0.4, 0.5) is 0 Å². The van der Waals surface area contributed by atoms with Gasteiger partial charge in [0.1, 0.15) is 0 Å². The van der Waals surface area contributed by atoms with Crippen molar-refractivity contribution < 1.29 is 4.79 Å². The molecule has 0 unspecified atom stereocenters. The third-order valence-electron chi connectivity index (χ3n) is 3.40. The van der Waals surface area contributed by atoms with E-state index < -0.39 is 0 Å². The number of nitrogens with one attached hydrogen (secondary N) is 1. The van der Waals surface area contributed by atoms with Crippen molar-refractivity contribution in [1.82, 2.24) is 20.0 Å². The Morgan fingerprint density at radius 1 is 1.42 bits per heavy atom. The van der Waals surface area contributed by atoms with Gasteiger partial charge in [0, 0.05) is 50.6 Å². The van der Waals surface area contributed by atoms with E-state index in [0.29, 0.717) is 13.0 Å². The second-order valence-corrected chi connectivity index (χ2v) is 4.88. The number of carbonyl (C=O) groups excluding carboxylic acids is 1. The van der Waals surface area contributed by atoms with Crippen LogP contribution in [0.25, 0.3) is 6.20 Å². The molecule has 5 nitrogen and oxygen atoms in total. The summed E-state index contributed by atoms with van der Waals surface area (Å²) >= 11 is 0. The summed E-state index contributed by atoms with van der Waals surface area (Å²) in [5.74, 6) is 0.272. The second-order valence-electron chi connectivity index (χ2n) is 4.88. The fourth-order valence-electron chi connectivity index (χ4n) is 2.30. The highest BCUT2D eigenvalue weighted by Crippen LogP contribution is 2.09. The number of piperidine rings is 1. The van der Waals surface area contributed by atoms with Crippen LogP contribution in [-0.2, 0) is 11.3 Å². The zero-order valence-electron chi connectivity index (χ0n) is 11.3. The number of hydrogen-bond acceptors (Lipinski definition) is 3. The maximum atomic E-state index is 11.9. The molecule has 1 amide bonds. The highest BCUT2D eigenvalue weighted by atomic mass is 16.2. The number of carbonyl (C=O) groups is 1. The molecule has 0 spiro atoms. The topological polar surface area (TPSA) is 50.2 Å². The summed E-state index contributed by atoms with van der Waals surface area (Å²) in [6.07, 6.45) is 9.53. The van der Waals surface area contributed by atoms with E-state index >= 15 is 0 Å². The summed E-state index contributed by atoms with van der Waals surface area (Å²) in [4.78, 5) is 13.9. The molecule has 0 atom stereocenters. The molecule has 2 heterocycles. The van der Waals surface area contributed by atoms with E-state index in [1.54, 1.807) is 17.1 Å². The first-order valence-corrected chi connectivity index (χ1v) is 6.93. The number of amides is 1. The molecule has 1 N–H and O–H groups in total. The Bertz CT molecular complexity index is 421. The van der Waals surface area contributed by atoms with Crippen LogP contribution in [0.5, 0.6) is 0 Å². The largest absolute Gasteiger partial charge is 0.343 e. The Kier molecular flexibility index (Phi) is 5.15. The Balaban J connectivity index is 1.63. The van der Waals surface area contributed by atoms with Crippen LogP contribution in [0.1, 0.15) is 31.2 Å². The predicted octanol–water partition coefficient (Wildman–Crippen LogP) is 1.48. The molecule has 2 rings (SSSR count). The van der Waals surface area contributed by atoms with Gasteiger partial charge in [-0.1, -0.05) is 6.58 Å². The zero-order valence-corrected chi connectivity index (χ0v) is 11.3. The highest BCUT2D eigenvalue weighted by Gasteiger charge is 2.15. The molecule has 0 aromatic carbocycles. The first-order valence-electron chi connectivity index (χ1n) is 6.93. The lowest BCUT2D eigenvalue weighted by atomic mass is 10.1. The van der Waals surface area contributed by atoms with Crippen molar-refractivity contribution in [2.75, 3.05) is 19.6 Å². The summed E-state index contributed by atoms with van der Waals surface area (Å²) in [7, 11) is 0. The minimum atomic E-state index is 0.272. The van der Waals surface area contributed by atoms with E-state index in [1.165, 1.54) is 6.42 Å². The summed E-state index contributed by atoms with van der Waals surface area (Å²) < 4.78 is 1.68. The smallest absolute Gasteiger partial charge is 0.223 e. The molecule has 0 bridgehead atoms. The Morgan fingerprint density at radius 3 is 2.89 bits per heavy atom. The van der Waals surface area contributed by atoms with Crippen molar-refractivity contribution in [2.24, 2.45) is 0 Å². The second kappa shape index (κ2) is 7.09. The van der Waals surface area contributed by atoms with Crippen LogP contribution in [-0.4, -0.2) is 40.2 Å². The highest BCUT2D eigenvalue weighted by molar-refractivity contribution is 5.76. The lowest BCUT2D eigenvalue weighted by Gasteiger charge is -2.26. The molecule has 5 heteroatoms. The van der Waals surface area contributed by atoms with Gasteiger partial charge in [-0.3, -0.25) is 4.79 Å². The molecule has 1 aliphatic rings. The summed E-state index contributed by atoms with van der Waals surface area (Å²) in [6, 6.07) is 0. The van der Waals surface area contributed by atoms with E-state index in [0.717, 1.165) is 38.0 Å². The molecule has 1 saturated heterocycles. The minimum absolute atomic E-state index is 0.272. The van der Waals surface area contributed by atoms with Gasteiger partial charge >= 0.3 is 0 Å². The molecule has 104 valence electrons. The van der Waals surface area contributed by atoms with Gasteiger partial charge < -0.3 is 10.2 Å². The van der Waals surface area contributed by atoms with Crippen molar-refractivity contribution in [3.8, 4) is 0 Å². The molecule has 1 fully saturated rings. The van der Waals surface area contributed by atoms with Gasteiger partial charge in [0.15, 0.2) is 0 Å². The molecule has 0 aliphatic carbocycles. The average molecular weight is 262 g/mol. The number of aromatic nitrogens is 2. The maximum Gasteiger partial charge on any atom is 0.223 e. The predicted molar refractivity (Wildman–Crippen MR) is 75.4 cm³/mol. The van der Waals surface area contributed by atoms with Crippen LogP contribution >= 0.6 is 0 Å². The zero-order chi connectivity index (χ0) is 13.5. The Morgan fingerprint density at radius 2 is 2.21 bits per heavy atom. The number of hydrogen-bond donors (Lipinski definition) is 1. The molecule has 0 saturated carbocycles. The van der Waals surface area contributed by atoms with Gasteiger partial charge in [-0.05, 0) is 19.3 Å². The normalized spacial score (nSPS) is 15.5. The lowest BCUT2D eigenvalue weighted by molar-refractivity contribution is -0.131. The number of likely N-dealkylation sites (tertiary alicyclic amines) is 1. The van der Waals surface area contributed by atoms with Gasteiger partial charge in [0.05, 0.1) is 6.20 Å². The van der Waals surface area contributed by atoms with Crippen LogP contribution in [0.3, 0.4) is 0 Å². The van der Waals surface area contributed by atoms with Crippen molar-refractivity contribution in [2.45, 2.75) is 32.2 Å². The summed E-state index contributed by atoms with van der Waals surface area (Å²) in [5.41, 5.74) is 1.10. The van der Waals surface area contributed by atoms with E-state index in [9.17, 15) is 4.79 Å². The first-order chi connectivity index (χ1) is 9.29. The SMILES string of the molecule is C=Cn1cc(CNCCC(=O)N2CCCCC2)cn1. The molecule has 1 aromatic heterocycles. The van der Waals surface area contributed by atoms with Crippen molar-refractivity contribution in [1.29, 1.82) is 0 Å². The van der Waals surface area contributed by atoms with Gasteiger partial charge in [-0.15, -0.1) is 0 Å². The number of rotatable bonds is 6. The van der Waals surface area contributed by atoms with Crippen molar-refractivity contribution in [3.05, 3.63) is 24.5 Å². The molecule has 1 aromatic rings. The molecule has 1 aliphatic heterocycles. The van der Waals surface area contributed by atoms with Crippen molar-refractivity contribution in [3.63, 3.8) is 0 Å². The van der Waals surface area contributed by atoms with Crippen LogP contribution < -0.4 is 5.32 Å². The van der Waals surface area contributed by atoms with Crippen LogP contribution in [0.2, 0.25) is 0 Å². The van der Waals surface area contributed by atoms with Crippen LogP contribution in [0, 0.1) is 0 Å². The quantitative estimate of drug-likeness (QED) is 0.790. The number of nitrogens with zero attached hydrogens (tertiary/aromatic N) is 3. The van der Waals surface area contributed by atoms with Gasteiger partial charge in [0.2, 0.25) is 5.91 Å². The third kappa shape index (κ3) is 4.21. The van der Waals surface area contributed by atoms with Gasteiger partial charge in [0.25, 0.3) is 0 Å². The van der Waals surface area contributed by atoms with E-state index in [-0.39, 0.29) is 5.91 Å². The Hall–Kier alpha value is -1.62. The summed E-state index contributed by atoms with van der Waals surface area (Å²) in [6.45, 7) is 6.97. The minimum Gasteiger partial charge on any atom is -0.343 e. The van der Waals surface area contributed by atoms with E-state index in [4.69, 9.17) is 0 Å². The fourth-order valence-corrected chi connectivity index (χ4v) is 2.30. The molecular formula is C14H22N4O. The van der Waals surface area contributed by atoms with Gasteiger partial charge in [-0.25, -0.2) is 4.68 Å². The van der Waals surface area contributed by atoms with E-state index in [2.05, 4.69) is 17.0 Å². The van der Waals surface area contributed by atoms with Crippen molar-refractivity contribution >= 4 is 12.1 Å². The molecular weight excluding hydrogens is 240 g/mol. The maximum absolute atomic E-state index is 11.9. The lowest BCUT2D eigenvalue weighted by Crippen LogP contribution is -2.37. The van der Waals surface area contributed by atoms with Crippen LogP contribution in [0.15, 0.2) is 19.0 Å². The van der Waals surface area contributed by atoms with E-state index in [1.807, 2.05) is 11.1 Å². The molecule has 0 radical (unpaired) electrons. The monoisotopic (exact) mass is 262 g/mol. The molecule has 19 heavy (non-hydrogen) atoms. The fraction of sp³-hybridized carbons (Fsp3) is 0.571. The third-order valence-corrected chi connectivity index (χ3v) is 3.40. The Labute approximate surface area is 114 Å². The summed E-state index contributed by atoms with van der Waals surface area (Å²) in [5, 5.41) is 7.38. The first kappa shape index (κ1) is 13.8. The average Bonchev–Trinajstić information content (AvgIpc) is 2.92. The van der Waals surface area contributed by atoms with Gasteiger partial charge in [-0.2, -0.15) is 5.10 Å².